The highest BCUT2D eigenvalue weighted by Gasteiger charge is 2.42. The highest BCUT2D eigenvalue weighted by Crippen LogP contribution is 2.50. The Hall–Kier alpha value is -2.76. The van der Waals surface area contributed by atoms with Crippen LogP contribution in [-0.4, -0.2) is 30.1 Å². The number of nitrogens with zero attached hydrogens (tertiary/aromatic N) is 1. The number of hydrogen-bond acceptors (Lipinski definition) is 5. The highest BCUT2D eigenvalue weighted by molar-refractivity contribution is 6.32. The normalized spacial score (nSPS) is 18.4. The van der Waals surface area contributed by atoms with Crippen molar-refractivity contribution in [1.82, 2.24) is 4.90 Å². The van der Waals surface area contributed by atoms with Gasteiger partial charge in [0, 0.05) is 58.9 Å². The van der Waals surface area contributed by atoms with E-state index >= 15 is 0 Å². The van der Waals surface area contributed by atoms with E-state index in [4.69, 9.17) is 32.7 Å². The predicted molar refractivity (Wildman–Crippen MR) is 141 cm³/mol. The number of Topliss-reactive ketones (excluding diaryl/α,β-unsaturated/α-hetero) is 2. The van der Waals surface area contributed by atoms with Crippen LogP contribution in [0.25, 0.3) is 0 Å². The third-order valence-electron chi connectivity index (χ3n) is 7.24. The molecule has 188 valence electrons. The summed E-state index contributed by atoms with van der Waals surface area (Å²) in [4.78, 5) is 28.6. The second-order valence-corrected chi connectivity index (χ2v) is 10.2. The molecule has 0 amide bonds. The quantitative estimate of drug-likeness (QED) is 0.405. The SMILES string of the molecule is CCOc1cc(C2C3=C(CCCC3=O)N(C)C3=C2C(=O)CCC3)cc(Cl)c1OCc1ccccc1Cl. The molecule has 2 aliphatic carbocycles. The lowest BCUT2D eigenvalue weighted by atomic mass is 9.71. The molecule has 0 fully saturated rings. The summed E-state index contributed by atoms with van der Waals surface area (Å²) in [6.45, 7) is 2.54. The van der Waals surface area contributed by atoms with Gasteiger partial charge in [-0.05, 0) is 56.4 Å². The lowest BCUT2D eigenvalue weighted by molar-refractivity contribution is -0.117. The number of hydrogen-bond donors (Lipinski definition) is 0. The molecule has 0 aromatic heterocycles. The van der Waals surface area contributed by atoms with Gasteiger partial charge in [0.15, 0.2) is 23.1 Å². The molecule has 0 radical (unpaired) electrons. The molecule has 5 rings (SSSR count). The zero-order valence-electron chi connectivity index (χ0n) is 20.5. The first-order chi connectivity index (χ1) is 17.4. The summed E-state index contributed by atoms with van der Waals surface area (Å²) in [5.74, 6) is 0.670. The Morgan fingerprint density at radius 1 is 0.889 bits per heavy atom. The van der Waals surface area contributed by atoms with Crippen LogP contribution in [0.2, 0.25) is 10.0 Å². The number of benzene rings is 2. The van der Waals surface area contributed by atoms with E-state index in [1.807, 2.05) is 50.4 Å². The van der Waals surface area contributed by atoms with Crippen LogP contribution in [0.5, 0.6) is 11.5 Å². The minimum absolute atomic E-state index is 0.103. The van der Waals surface area contributed by atoms with Crippen molar-refractivity contribution >= 4 is 34.8 Å². The van der Waals surface area contributed by atoms with Gasteiger partial charge in [0.05, 0.1) is 11.6 Å². The molecule has 1 heterocycles. The molecule has 0 saturated carbocycles. The molecule has 0 unspecified atom stereocenters. The molecule has 0 spiro atoms. The van der Waals surface area contributed by atoms with Crippen molar-refractivity contribution in [2.24, 2.45) is 0 Å². The molecule has 0 bridgehead atoms. The van der Waals surface area contributed by atoms with Crippen molar-refractivity contribution in [2.45, 2.75) is 58.0 Å². The number of ketones is 2. The largest absolute Gasteiger partial charge is 0.490 e. The van der Waals surface area contributed by atoms with Gasteiger partial charge in [0.1, 0.15) is 6.61 Å². The van der Waals surface area contributed by atoms with E-state index in [2.05, 4.69) is 4.90 Å². The zero-order valence-corrected chi connectivity index (χ0v) is 22.0. The lowest BCUT2D eigenvalue weighted by Crippen LogP contribution is -2.37. The summed E-state index contributed by atoms with van der Waals surface area (Å²) < 4.78 is 12.1. The van der Waals surface area contributed by atoms with Gasteiger partial charge in [0.2, 0.25) is 0 Å². The Balaban J connectivity index is 1.60. The molecule has 2 aromatic carbocycles. The summed E-state index contributed by atoms with van der Waals surface area (Å²) in [6, 6.07) is 11.2. The fraction of sp³-hybridized carbons (Fsp3) is 0.379. The molecule has 36 heavy (non-hydrogen) atoms. The third-order valence-corrected chi connectivity index (χ3v) is 7.89. The monoisotopic (exact) mass is 525 g/mol. The Morgan fingerprint density at radius 3 is 2.14 bits per heavy atom. The zero-order chi connectivity index (χ0) is 25.4. The smallest absolute Gasteiger partial charge is 0.180 e. The fourth-order valence-electron chi connectivity index (χ4n) is 5.61. The number of ether oxygens (including phenoxy) is 2. The Morgan fingerprint density at radius 2 is 1.53 bits per heavy atom. The van der Waals surface area contributed by atoms with Gasteiger partial charge in [-0.3, -0.25) is 9.59 Å². The summed E-state index contributed by atoms with van der Waals surface area (Å²) in [5.41, 5.74) is 5.12. The molecular weight excluding hydrogens is 497 g/mol. The van der Waals surface area contributed by atoms with E-state index < -0.39 is 5.92 Å². The van der Waals surface area contributed by atoms with Crippen molar-refractivity contribution < 1.29 is 19.1 Å². The summed E-state index contributed by atoms with van der Waals surface area (Å²) in [5, 5.41) is 0.984. The van der Waals surface area contributed by atoms with Crippen molar-refractivity contribution in [3.63, 3.8) is 0 Å². The summed E-state index contributed by atoms with van der Waals surface area (Å²) >= 11 is 13.1. The second-order valence-electron chi connectivity index (χ2n) is 9.41. The van der Waals surface area contributed by atoms with E-state index in [1.165, 1.54) is 0 Å². The van der Waals surface area contributed by atoms with Gasteiger partial charge in [-0.1, -0.05) is 41.4 Å². The summed E-state index contributed by atoms with van der Waals surface area (Å²) in [6.07, 6.45) is 4.28. The van der Waals surface area contributed by atoms with Gasteiger partial charge in [-0.2, -0.15) is 0 Å². The van der Waals surface area contributed by atoms with Crippen LogP contribution < -0.4 is 9.47 Å². The number of allylic oxidation sites excluding steroid dienone is 4. The van der Waals surface area contributed by atoms with Gasteiger partial charge in [-0.15, -0.1) is 0 Å². The van der Waals surface area contributed by atoms with Crippen LogP contribution in [0.1, 0.15) is 62.5 Å². The summed E-state index contributed by atoms with van der Waals surface area (Å²) in [7, 11) is 1.99. The maximum Gasteiger partial charge on any atom is 0.180 e. The van der Waals surface area contributed by atoms with E-state index in [1.54, 1.807) is 0 Å². The van der Waals surface area contributed by atoms with Crippen LogP contribution in [0.15, 0.2) is 58.9 Å². The number of carbonyl (C=O) groups is 2. The molecule has 7 heteroatoms. The molecule has 0 atom stereocenters. The van der Waals surface area contributed by atoms with Gasteiger partial charge in [0.25, 0.3) is 0 Å². The van der Waals surface area contributed by atoms with E-state index in [-0.39, 0.29) is 18.2 Å². The molecule has 1 aliphatic heterocycles. The first kappa shape index (κ1) is 24.9. The van der Waals surface area contributed by atoms with Crippen LogP contribution in [-0.2, 0) is 16.2 Å². The lowest BCUT2D eigenvalue weighted by Gasteiger charge is -2.42. The minimum atomic E-state index is -0.443. The topological polar surface area (TPSA) is 55.8 Å². The van der Waals surface area contributed by atoms with Crippen LogP contribution in [0, 0.1) is 0 Å². The van der Waals surface area contributed by atoms with Crippen LogP contribution in [0.4, 0.5) is 0 Å². The van der Waals surface area contributed by atoms with Gasteiger partial charge >= 0.3 is 0 Å². The predicted octanol–water partition coefficient (Wildman–Crippen LogP) is 7.01. The molecule has 2 aromatic rings. The maximum absolute atomic E-state index is 13.3. The van der Waals surface area contributed by atoms with Crippen molar-refractivity contribution in [3.8, 4) is 11.5 Å². The van der Waals surface area contributed by atoms with Gasteiger partial charge in [-0.25, -0.2) is 0 Å². The molecule has 0 saturated heterocycles. The minimum Gasteiger partial charge on any atom is -0.490 e. The Kier molecular flexibility index (Phi) is 7.14. The first-order valence-corrected chi connectivity index (χ1v) is 13.2. The van der Waals surface area contributed by atoms with E-state index in [0.717, 1.165) is 59.4 Å². The highest BCUT2D eigenvalue weighted by atomic mass is 35.5. The average Bonchev–Trinajstić information content (AvgIpc) is 2.86. The Labute approximate surface area is 221 Å². The number of rotatable bonds is 6. The molecular formula is C29H29Cl2NO4. The molecule has 3 aliphatic rings. The van der Waals surface area contributed by atoms with Crippen molar-refractivity contribution in [2.75, 3.05) is 13.7 Å². The first-order valence-electron chi connectivity index (χ1n) is 12.5. The Bertz CT molecular complexity index is 1250. The average molecular weight is 526 g/mol. The maximum atomic E-state index is 13.3. The second kappa shape index (κ2) is 10.3. The van der Waals surface area contributed by atoms with Crippen molar-refractivity contribution in [3.05, 3.63) is 80.1 Å². The van der Waals surface area contributed by atoms with Crippen LogP contribution in [0.3, 0.4) is 0 Å². The fourth-order valence-corrected chi connectivity index (χ4v) is 6.07. The van der Waals surface area contributed by atoms with Crippen molar-refractivity contribution in [1.29, 1.82) is 0 Å². The standard InChI is InChI=1S/C29H29Cl2NO4/c1-3-35-25-15-18(14-20(31)29(25)36-16-17-8-4-5-9-19(17)30)26-27-21(10-6-12-23(27)33)32(2)22-11-7-13-24(34)28(22)26/h4-5,8-9,14-15,26H,3,6-7,10-13,16H2,1-2H3. The van der Waals surface area contributed by atoms with E-state index in [9.17, 15) is 9.59 Å². The number of halogens is 2. The van der Waals surface area contributed by atoms with Crippen LogP contribution >= 0.6 is 23.2 Å². The molecule has 0 N–H and O–H groups in total. The molecule has 5 nitrogen and oxygen atoms in total. The van der Waals surface area contributed by atoms with Gasteiger partial charge < -0.3 is 14.4 Å². The third kappa shape index (κ3) is 4.44. The van der Waals surface area contributed by atoms with E-state index in [0.29, 0.717) is 41.0 Å². The number of carbonyl (C=O) groups excluding carboxylic acids is 2.